The Morgan fingerprint density at radius 1 is 1.19 bits per heavy atom. The highest BCUT2D eigenvalue weighted by molar-refractivity contribution is 14.0. The van der Waals surface area contributed by atoms with Gasteiger partial charge in [0.05, 0.1) is 11.6 Å². The highest BCUT2D eigenvalue weighted by Gasteiger charge is 2.21. The molecule has 1 amide bonds. The molecule has 1 aliphatic rings. The van der Waals surface area contributed by atoms with Crippen molar-refractivity contribution < 1.29 is 4.79 Å². The minimum Gasteiger partial charge on any atom is -0.368 e. The van der Waals surface area contributed by atoms with Crippen LogP contribution in [0.3, 0.4) is 0 Å². The van der Waals surface area contributed by atoms with E-state index in [0.29, 0.717) is 17.5 Å². The van der Waals surface area contributed by atoms with Crippen LogP contribution < -0.4 is 10.2 Å². The molecule has 1 aromatic carbocycles. The van der Waals surface area contributed by atoms with Crippen LogP contribution >= 0.6 is 35.6 Å². The maximum absolute atomic E-state index is 12.7. The number of nitrogens with zero attached hydrogens (tertiary/aromatic N) is 5. The predicted molar refractivity (Wildman–Crippen MR) is 139 cm³/mol. The van der Waals surface area contributed by atoms with Crippen LogP contribution in [0.15, 0.2) is 47.6 Å². The summed E-state index contributed by atoms with van der Waals surface area (Å²) in [7, 11) is 3.93. The number of piperazine rings is 1. The number of guanidine groups is 1. The van der Waals surface area contributed by atoms with Gasteiger partial charge in [-0.2, -0.15) is 0 Å². The largest absolute Gasteiger partial charge is 0.368 e. The summed E-state index contributed by atoms with van der Waals surface area (Å²) in [4.78, 5) is 23.5. The molecule has 3 rings (SSSR count). The number of anilines is 1. The number of carbonyl (C=O) groups excluding carboxylic acids is 1. The number of rotatable bonds is 6. The number of benzene rings is 1. The third-order valence-electron chi connectivity index (χ3n) is 5.29. The van der Waals surface area contributed by atoms with Crippen LogP contribution in [0.5, 0.6) is 0 Å². The molecule has 1 fully saturated rings. The van der Waals surface area contributed by atoms with Crippen molar-refractivity contribution in [1.82, 2.24) is 19.7 Å². The van der Waals surface area contributed by atoms with Crippen LogP contribution in [0, 0.1) is 0 Å². The second kappa shape index (κ2) is 12.2. The highest BCUT2D eigenvalue weighted by Crippen LogP contribution is 2.16. The van der Waals surface area contributed by atoms with E-state index in [2.05, 4.69) is 27.3 Å². The van der Waals surface area contributed by atoms with Gasteiger partial charge in [-0.25, -0.2) is 4.99 Å². The molecule has 0 spiro atoms. The van der Waals surface area contributed by atoms with E-state index in [-0.39, 0.29) is 36.4 Å². The zero-order valence-electron chi connectivity index (χ0n) is 18.4. The minimum atomic E-state index is 0. The Morgan fingerprint density at radius 3 is 2.45 bits per heavy atom. The number of para-hydroxylation sites is 1. The monoisotopic (exact) mass is 558 g/mol. The van der Waals surface area contributed by atoms with Crippen molar-refractivity contribution in [2.45, 2.75) is 13.5 Å². The molecule has 0 saturated carbocycles. The Labute approximate surface area is 207 Å². The van der Waals surface area contributed by atoms with Gasteiger partial charge in [0.2, 0.25) is 5.91 Å². The van der Waals surface area contributed by atoms with Crippen LogP contribution in [0.1, 0.15) is 12.6 Å². The van der Waals surface area contributed by atoms with Crippen molar-refractivity contribution in [2.75, 3.05) is 51.2 Å². The third-order valence-corrected chi connectivity index (χ3v) is 5.49. The quantitative estimate of drug-likeness (QED) is 0.337. The molecule has 170 valence electrons. The fourth-order valence-electron chi connectivity index (χ4n) is 3.61. The molecule has 2 heterocycles. The van der Waals surface area contributed by atoms with E-state index in [0.717, 1.165) is 38.4 Å². The summed E-state index contributed by atoms with van der Waals surface area (Å²) >= 11 is 6.09. The van der Waals surface area contributed by atoms with Gasteiger partial charge in [-0.15, -0.1) is 24.0 Å². The normalized spacial score (nSPS) is 14.3. The Kier molecular flexibility index (Phi) is 9.95. The lowest BCUT2D eigenvalue weighted by atomic mass is 10.2. The second-order valence-corrected chi connectivity index (χ2v) is 7.93. The first-order valence-electron chi connectivity index (χ1n) is 10.4. The number of carbonyl (C=O) groups is 1. The fourth-order valence-corrected chi connectivity index (χ4v) is 3.88. The molecule has 9 heteroatoms. The molecule has 0 unspecified atom stereocenters. The number of halogens is 2. The van der Waals surface area contributed by atoms with E-state index in [1.807, 2.05) is 65.8 Å². The lowest BCUT2D eigenvalue weighted by Gasteiger charge is -2.36. The summed E-state index contributed by atoms with van der Waals surface area (Å²) in [5.41, 5.74) is 2.29. The van der Waals surface area contributed by atoms with E-state index >= 15 is 0 Å². The number of aryl methyl sites for hydroxylation is 1. The SMILES string of the molecule is CCNC(=NCC(=O)N1CCN(c2ccccc2)CC1)N(C)Cc1cc(Cl)cn1C.I. The molecule has 7 nitrogen and oxygen atoms in total. The number of aliphatic imine (C=N–C) groups is 1. The highest BCUT2D eigenvalue weighted by atomic mass is 127. The molecule has 1 saturated heterocycles. The molecule has 31 heavy (non-hydrogen) atoms. The van der Waals surface area contributed by atoms with E-state index in [4.69, 9.17) is 11.6 Å². The maximum Gasteiger partial charge on any atom is 0.244 e. The Hall–Kier alpha value is -1.94. The summed E-state index contributed by atoms with van der Waals surface area (Å²) in [5.74, 6) is 0.777. The van der Waals surface area contributed by atoms with Gasteiger partial charge in [-0.3, -0.25) is 4.79 Å². The summed E-state index contributed by atoms with van der Waals surface area (Å²) in [6, 6.07) is 12.3. The van der Waals surface area contributed by atoms with Crippen molar-refractivity contribution in [2.24, 2.45) is 12.0 Å². The first-order valence-corrected chi connectivity index (χ1v) is 10.7. The average Bonchev–Trinajstić information content (AvgIpc) is 3.08. The van der Waals surface area contributed by atoms with Gasteiger partial charge in [-0.1, -0.05) is 29.8 Å². The molecule has 1 aromatic heterocycles. The predicted octanol–water partition coefficient (Wildman–Crippen LogP) is 3.04. The van der Waals surface area contributed by atoms with Crippen LogP contribution in [0.4, 0.5) is 5.69 Å². The van der Waals surface area contributed by atoms with Crippen molar-refractivity contribution >= 4 is 53.1 Å². The molecular weight excluding hydrogens is 527 g/mol. The third kappa shape index (κ3) is 7.03. The van der Waals surface area contributed by atoms with Gasteiger partial charge in [0.25, 0.3) is 0 Å². The Bertz CT molecular complexity index is 864. The van der Waals surface area contributed by atoms with Crippen LogP contribution in [-0.4, -0.2) is 72.5 Å². The van der Waals surface area contributed by atoms with E-state index in [1.54, 1.807) is 0 Å². The van der Waals surface area contributed by atoms with Crippen LogP contribution in [0.2, 0.25) is 5.02 Å². The first-order chi connectivity index (χ1) is 14.5. The van der Waals surface area contributed by atoms with Gasteiger partial charge in [0.15, 0.2) is 5.96 Å². The second-order valence-electron chi connectivity index (χ2n) is 7.49. The number of hydrogen-bond acceptors (Lipinski definition) is 3. The van der Waals surface area contributed by atoms with Crippen molar-refractivity contribution in [3.8, 4) is 0 Å². The zero-order chi connectivity index (χ0) is 21.5. The lowest BCUT2D eigenvalue weighted by Crippen LogP contribution is -2.49. The first kappa shape index (κ1) is 25.3. The van der Waals surface area contributed by atoms with Gasteiger partial charge in [0, 0.05) is 64.4 Å². The number of amides is 1. The van der Waals surface area contributed by atoms with Gasteiger partial charge >= 0.3 is 0 Å². The average molecular weight is 559 g/mol. The Morgan fingerprint density at radius 2 is 1.87 bits per heavy atom. The standard InChI is InChI=1S/C22H31ClN6O.HI/c1-4-24-22(27(3)17-20-14-18(23)16-26(20)2)25-15-21(30)29-12-10-28(11-13-29)19-8-6-5-7-9-19;/h5-9,14,16H,4,10-13,15,17H2,1-3H3,(H,24,25);1H. The summed E-state index contributed by atoms with van der Waals surface area (Å²) < 4.78 is 2.00. The van der Waals surface area contributed by atoms with Crippen LogP contribution in [0.25, 0.3) is 0 Å². The Balaban J connectivity index is 0.00000341. The smallest absolute Gasteiger partial charge is 0.244 e. The van der Waals surface area contributed by atoms with Crippen molar-refractivity contribution in [3.05, 3.63) is 53.3 Å². The van der Waals surface area contributed by atoms with Gasteiger partial charge in [-0.05, 0) is 25.1 Å². The molecular formula is C22H32ClIN6O. The molecule has 0 bridgehead atoms. The van der Waals surface area contributed by atoms with E-state index in [9.17, 15) is 4.79 Å². The molecule has 0 radical (unpaired) electrons. The molecule has 2 aromatic rings. The van der Waals surface area contributed by atoms with E-state index in [1.165, 1.54) is 5.69 Å². The zero-order valence-corrected chi connectivity index (χ0v) is 21.5. The van der Waals surface area contributed by atoms with E-state index < -0.39 is 0 Å². The number of hydrogen-bond donors (Lipinski definition) is 1. The molecule has 0 atom stereocenters. The molecule has 1 N–H and O–H groups in total. The van der Waals surface area contributed by atoms with Crippen molar-refractivity contribution in [1.29, 1.82) is 0 Å². The molecule has 0 aliphatic carbocycles. The summed E-state index contributed by atoms with van der Waals surface area (Å²) in [5, 5.41) is 3.99. The van der Waals surface area contributed by atoms with Gasteiger partial charge < -0.3 is 24.6 Å². The summed E-state index contributed by atoms with van der Waals surface area (Å²) in [6.45, 7) is 6.68. The molecule has 1 aliphatic heterocycles. The number of aromatic nitrogens is 1. The van der Waals surface area contributed by atoms with Gasteiger partial charge in [0.1, 0.15) is 6.54 Å². The van der Waals surface area contributed by atoms with Crippen LogP contribution in [-0.2, 0) is 18.4 Å². The number of nitrogens with one attached hydrogen (secondary N) is 1. The fraction of sp³-hybridized carbons (Fsp3) is 0.455. The summed E-state index contributed by atoms with van der Waals surface area (Å²) in [6.07, 6.45) is 1.88. The maximum atomic E-state index is 12.7. The minimum absolute atomic E-state index is 0. The van der Waals surface area contributed by atoms with Crippen molar-refractivity contribution in [3.63, 3.8) is 0 Å². The lowest BCUT2D eigenvalue weighted by molar-refractivity contribution is -0.129. The topological polar surface area (TPSA) is 56.1 Å².